The highest BCUT2D eigenvalue weighted by molar-refractivity contribution is 5.94. The highest BCUT2D eigenvalue weighted by atomic mass is 16.4. The van der Waals surface area contributed by atoms with Gasteiger partial charge in [0.15, 0.2) is 0 Å². The number of phenolic OH excluding ortho intramolecular Hbond substituents is 1. The van der Waals surface area contributed by atoms with Crippen molar-refractivity contribution < 1.29 is 34.8 Å². The number of benzene rings is 1. The largest absolute Gasteiger partial charge is 0.508 e. The van der Waals surface area contributed by atoms with Crippen LogP contribution >= 0.6 is 0 Å². The summed E-state index contributed by atoms with van der Waals surface area (Å²) in [5.74, 6) is -2.23. The molecular formula is C24H29NO7. The van der Waals surface area contributed by atoms with Crippen molar-refractivity contribution in [2.75, 3.05) is 6.54 Å². The van der Waals surface area contributed by atoms with Crippen molar-refractivity contribution in [1.29, 1.82) is 0 Å². The zero-order chi connectivity index (χ0) is 22.9. The number of carboxylic acids is 2. The lowest BCUT2D eigenvalue weighted by molar-refractivity contribution is -0.181. The van der Waals surface area contributed by atoms with E-state index in [1.165, 1.54) is 0 Å². The van der Waals surface area contributed by atoms with Gasteiger partial charge in [0, 0.05) is 17.9 Å². The van der Waals surface area contributed by atoms with Gasteiger partial charge in [0.25, 0.3) is 0 Å². The number of ketones is 1. The number of hydrogen-bond acceptors (Lipinski definition) is 6. The number of carbonyl (C=O) groups is 3. The van der Waals surface area contributed by atoms with E-state index in [1.54, 1.807) is 12.1 Å². The van der Waals surface area contributed by atoms with Crippen LogP contribution in [0.4, 0.5) is 0 Å². The number of rotatable bonds is 6. The molecule has 8 heteroatoms. The fourth-order valence-electron chi connectivity index (χ4n) is 6.86. The molecule has 1 heterocycles. The maximum Gasteiger partial charge on any atom is 0.304 e. The van der Waals surface area contributed by atoms with Gasteiger partial charge in [-0.2, -0.15) is 0 Å². The molecule has 1 aromatic carbocycles. The van der Waals surface area contributed by atoms with Gasteiger partial charge >= 0.3 is 11.9 Å². The number of carbonyl (C=O) groups excluding carboxylic acids is 1. The number of phenols is 1. The van der Waals surface area contributed by atoms with E-state index in [9.17, 15) is 34.8 Å². The minimum absolute atomic E-state index is 0.105. The number of Topliss-reactive ketones (excluding diaryl/α,β-unsaturated/α-hetero) is 1. The van der Waals surface area contributed by atoms with Crippen molar-refractivity contribution in [3.63, 3.8) is 0 Å². The molecule has 8 nitrogen and oxygen atoms in total. The Hall–Kier alpha value is -2.45. The number of aromatic hydroxyl groups is 1. The summed E-state index contributed by atoms with van der Waals surface area (Å²) in [7, 11) is 0. The summed E-state index contributed by atoms with van der Waals surface area (Å²) in [6.45, 7) is 0.582. The summed E-state index contributed by atoms with van der Waals surface area (Å²) in [5.41, 5.74) is -1.21. The van der Waals surface area contributed by atoms with Gasteiger partial charge in [0.1, 0.15) is 11.5 Å². The van der Waals surface area contributed by atoms with E-state index in [0.29, 0.717) is 25.3 Å². The minimum Gasteiger partial charge on any atom is -0.508 e. The van der Waals surface area contributed by atoms with Gasteiger partial charge in [-0.15, -0.1) is 0 Å². The summed E-state index contributed by atoms with van der Waals surface area (Å²) in [4.78, 5) is 36.8. The molecule has 0 aromatic heterocycles. The highest BCUT2D eigenvalue weighted by Crippen LogP contribution is 2.61. The van der Waals surface area contributed by atoms with Crippen molar-refractivity contribution >= 4 is 17.7 Å². The molecule has 0 unspecified atom stereocenters. The van der Waals surface area contributed by atoms with Crippen LogP contribution in [-0.2, 0) is 32.6 Å². The number of piperidine rings is 1. The summed E-state index contributed by atoms with van der Waals surface area (Å²) in [5, 5.41) is 45.1. The van der Waals surface area contributed by atoms with Crippen molar-refractivity contribution in [3.05, 3.63) is 28.8 Å². The molecule has 172 valence electrons. The third kappa shape index (κ3) is 3.07. The zero-order valence-electron chi connectivity index (χ0n) is 17.9. The number of carboxylic acid groups (broad SMARTS) is 2. The lowest BCUT2D eigenvalue weighted by Gasteiger charge is -2.63. The van der Waals surface area contributed by atoms with E-state index in [-0.39, 0.29) is 18.6 Å². The standard InChI is InChI=1S/C24H29NO7/c26-15-6-14(5-13-1-2-13)16-8-18-24(32)12-22(10-20(28)29,11-21(30)31)19(27)9-23(24,3-4-25-18)17(16)7-15/h6-7,13,18,25-26,32H,1-5,8-12H2,(H,28,29)(H,30,31)/t18-,23-,24-/m1/s1. The first-order chi connectivity index (χ1) is 15.1. The van der Waals surface area contributed by atoms with Crippen LogP contribution in [0.3, 0.4) is 0 Å². The normalized spacial score (nSPS) is 32.7. The minimum atomic E-state index is -1.65. The molecule has 2 saturated carbocycles. The van der Waals surface area contributed by atoms with Gasteiger partial charge in [-0.3, -0.25) is 14.4 Å². The van der Waals surface area contributed by atoms with E-state index in [2.05, 4.69) is 5.32 Å². The van der Waals surface area contributed by atoms with Crippen LogP contribution < -0.4 is 5.32 Å². The van der Waals surface area contributed by atoms with Crippen molar-refractivity contribution in [2.24, 2.45) is 11.3 Å². The third-order valence-electron chi connectivity index (χ3n) is 8.45. The first kappa shape index (κ1) is 21.4. The van der Waals surface area contributed by atoms with Gasteiger partial charge in [-0.25, -0.2) is 0 Å². The zero-order valence-corrected chi connectivity index (χ0v) is 17.9. The van der Waals surface area contributed by atoms with Crippen molar-refractivity contribution in [1.82, 2.24) is 5.32 Å². The summed E-state index contributed by atoms with van der Waals surface area (Å²) in [6.07, 6.45) is 2.55. The molecule has 0 radical (unpaired) electrons. The second kappa shape index (κ2) is 7.02. The number of nitrogens with one attached hydrogen (secondary N) is 1. The molecule has 4 aliphatic rings. The van der Waals surface area contributed by atoms with Crippen LogP contribution in [0.25, 0.3) is 0 Å². The lowest BCUT2D eigenvalue weighted by Crippen LogP contribution is -2.75. The molecule has 3 fully saturated rings. The van der Waals surface area contributed by atoms with Gasteiger partial charge < -0.3 is 25.7 Å². The van der Waals surface area contributed by atoms with Gasteiger partial charge in [-0.1, -0.05) is 0 Å². The molecule has 5 rings (SSSR count). The fraction of sp³-hybridized carbons (Fsp3) is 0.625. The highest BCUT2D eigenvalue weighted by Gasteiger charge is 2.68. The van der Waals surface area contributed by atoms with Crippen molar-refractivity contribution in [2.45, 2.75) is 74.8 Å². The van der Waals surface area contributed by atoms with Crippen LogP contribution in [0.2, 0.25) is 0 Å². The molecule has 1 saturated heterocycles. The number of hydrogen-bond donors (Lipinski definition) is 5. The fourth-order valence-corrected chi connectivity index (χ4v) is 6.86. The van der Waals surface area contributed by atoms with Crippen LogP contribution in [0, 0.1) is 11.3 Å². The molecule has 32 heavy (non-hydrogen) atoms. The monoisotopic (exact) mass is 443 g/mol. The average Bonchev–Trinajstić information content (AvgIpc) is 3.47. The Labute approximate surface area is 185 Å². The van der Waals surface area contributed by atoms with Crippen LogP contribution in [-0.4, -0.2) is 56.3 Å². The number of fused-ring (bicyclic) bond motifs is 1. The molecule has 1 aromatic rings. The van der Waals surface area contributed by atoms with Gasteiger partial charge in [0.2, 0.25) is 0 Å². The smallest absolute Gasteiger partial charge is 0.304 e. The molecule has 1 aliphatic heterocycles. The van der Waals surface area contributed by atoms with E-state index >= 15 is 0 Å². The predicted molar refractivity (Wildman–Crippen MR) is 112 cm³/mol. The summed E-state index contributed by atoms with van der Waals surface area (Å²) >= 11 is 0. The van der Waals surface area contributed by atoms with Gasteiger partial charge in [-0.05, 0) is 79.8 Å². The third-order valence-corrected chi connectivity index (χ3v) is 8.45. The number of aliphatic carboxylic acids is 2. The van der Waals surface area contributed by atoms with E-state index in [4.69, 9.17) is 0 Å². The first-order valence-electron chi connectivity index (χ1n) is 11.4. The average molecular weight is 443 g/mol. The predicted octanol–water partition coefficient (Wildman–Crippen LogP) is 1.53. The Balaban J connectivity index is 1.66. The van der Waals surface area contributed by atoms with Crippen LogP contribution in [0.5, 0.6) is 5.75 Å². The molecule has 3 aliphatic carbocycles. The van der Waals surface area contributed by atoms with E-state index in [0.717, 1.165) is 36.0 Å². The quantitative estimate of drug-likeness (QED) is 0.445. The Kier molecular flexibility index (Phi) is 4.70. The summed E-state index contributed by atoms with van der Waals surface area (Å²) < 4.78 is 0. The molecular weight excluding hydrogens is 414 g/mol. The maximum atomic E-state index is 13.5. The molecule has 5 N–H and O–H groups in total. The SMILES string of the molecule is O=C(O)CC1(CC(=O)O)C[C@@]2(O)[C@H]3Cc4c(CC5CC5)cc(O)cc4[C@@]2(CCN3)CC1=O. The van der Waals surface area contributed by atoms with Crippen molar-refractivity contribution in [3.8, 4) is 5.75 Å². The number of aliphatic hydroxyl groups is 1. The van der Waals surface area contributed by atoms with Crippen LogP contribution in [0.1, 0.15) is 61.6 Å². The molecule has 2 bridgehead atoms. The van der Waals surface area contributed by atoms with Crippen LogP contribution in [0.15, 0.2) is 12.1 Å². The summed E-state index contributed by atoms with van der Waals surface area (Å²) in [6, 6.07) is 3.03. The topological polar surface area (TPSA) is 144 Å². The van der Waals surface area contributed by atoms with E-state index < -0.39 is 53.0 Å². The van der Waals surface area contributed by atoms with E-state index in [1.807, 2.05) is 0 Å². The Morgan fingerprint density at radius 3 is 2.44 bits per heavy atom. The second-order valence-corrected chi connectivity index (χ2v) is 10.4. The lowest BCUT2D eigenvalue weighted by atomic mass is 9.44. The second-order valence-electron chi connectivity index (χ2n) is 10.4. The Morgan fingerprint density at radius 2 is 1.81 bits per heavy atom. The molecule has 0 amide bonds. The first-order valence-corrected chi connectivity index (χ1v) is 11.4. The molecule has 3 atom stereocenters. The van der Waals surface area contributed by atoms with Gasteiger partial charge in [0.05, 0.1) is 23.9 Å². The molecule has 0 spiro atoms. The Morgan fingerprint density at radius 1 is 1.12 bits per heavy atom. The Bertz CT molecular complexity index is 1000. The maximum absolute atomic E-state index is 13.5.